The quantitative estimate of drug-likeness (QED) is 0.781. The Morgan fingerprint density at radius 2 is 2.11 bits per heavy atom. The van der Waals surface area contributed by atoms with Gasteiger partial charge in [-0.25, -0.2) is 9.97 Å². The average molecular weight is 251 g/mol. The van der Waals surface area contributed by atoms with Crippen LogP contribution < -0.4 is 5.32 Å². The van der Waals surface area contributed by atoms with Crippen LogP contribution in [0.3, 0.4) is 0 Å². The van der Waals surface area contributed by atoms with Crippen molar-refractivity contribution in [2.24, 2.45) is 11.8 Å². The summed E-state index contributed by atoms with van der Waals surface area (Å²) in [5.74, 6) is 2.42. The molecule has 0 aliphatic rings. The molecule has 0 saturated heterocycles. The molecule has 0 aliphatic heterocycles. The lowest BCUT2D eigenvalue weighted by molar-refractivity contribution is 0.198. The third-order valence-electron chi connectivity index (χ3n) is 3.21. The van der Waals surface area contributed by atoms with E-state index in [1.54, 1.807) is 0 Å². The summed E-state index contributed by atoms with van der Waals surface area (Å²) in [7, 11) is 0. The van der Waals surface area contributed by atoms with Gasteiger partial charge in [0.1, 0.15) is 11.6 Å². The number of anilines is 1. The Morgan fingerprint density at radius 3 is 2.67 bits per heavy atom. The van der Waals surface area contributed by atoms with Crippen molar-refractivity contribution >= 4 is 5.82 Å². The van der Waals surface area contributed by atoms with E-state index in [9.17, 15) is 5.11 Å². The van der Waals surface area contributed by atoms with Crippen molar-refractivity contribution in [3.8, 4) is 0 Å². The second kappa shape index (κ2) is 7.31. The van der Waals surface area contributed by atoms with E-state index >= 15 is 0 Å². The van der Waals surface area contributed by atoms with E-state index in [1.807, 2.05) is 13.1 Å². The van der Waals surface area contributed by atoms with Crippen LogP contribution in [0.25, 0.3) is 0 Å². The Bertz CT molecular complexity index is 366. The fourth-order valence-electron chi connectivity index (χ4n) is 1.84. The Balaban J connectivity index is 2.73. The smallest absolute Gasteiger partial charge is 0.132 e. The zero-order valence-corrected chi connectivity index (χ0v) is 11.9. The number of nitrogens with zero attached hydrogens (tertiary/aromatic N) is 2. The lowest BCUT2D eigenvalue weighted by Crippen LogP contribution is -2.24. The monoisotopic (exact) mass is 251 g/mol. The van der Waals surface area contributed by atoms with Crippen LogP contribution >= 0.6 is 0 Å². The topological polar surface area (TPSA) is 58.0 Å². The van der Waals surface area contributed by atoms with Gasteiger partial charge in [0.05, 0.1) is 0 Å². The first-order valence-electron chi connectivity index (χ1n) is 6.75. The van der Waals surface area contributed by atoms with Crippen LogP contribution in [0.2, 0.25) is 0 Å². The van der Waals surface area contributed by atoms with Gasteiger partial charge in [-0.2, -0.15) is 0 Å². The van der Waals surface area contributed by atoms with Crippen LogP contribution in [0.4, 0.5) is 5.82 Å². The fraction of sp³-hybridized carbons (Fsp3) is 0.714. The number of hydrogen-bond donors (Lipinski definition) is 2. The molecule has 2 N–H and O–H groups in total. The van der Waals surface area contributed by atoms with Gasteiger partial charge in [0.2, 0.25) is 0 Å². The number of aryl methyl sites for hydroxylation is 2. The molecule has 18 heavy (non-hydrogen) atoms. The largest absolute Gasteiger partial charge is 0.396 e. The number of aromatic nitrogens is 2. The van der Waals surface area contributed by atoms with E-state index < -0.39 is 0 Å². The van der Waals surface area contributed by atoms with Crippen molar-refractivity contribution in [3.63, 3.8) is 0 Å². The summed E-state index contributed by atoms with van der Waals surface area (Å²) in [6, 6.07) is 0. The van der Waals surface area contributed by atoms with Gasteiger partial charge in [-0.3, -0.25) is 0 Å². The van der Waals surface area contributed by atoms with Gasteiger partial charge < -0.3 is 10.4 Å². The van der Waals surface area contributed by atoms with Gasteiger partial charge in [0, 0.05) is 30.8 Å². The third-order valence-corrected chi connectivity index (χ3v) is 3.21. The van der Waals surface area contributed by atoms with E-state index in [2.05, 4.69) is 36.1 Å². The molecule has 0 aliphatic carbocycles. The summed E-state index contributed by atoms with van der Waals surface area (Å²) in [6.45, 7) is 9.25. The van der Waals surface area contributed by atoms with Crippen LogP contribution in [0, 0.1) is 18.8 Å². The molecule has 0 radical (unpaired) electrons. The lowest BCUT2D eigenvalue weighted by Gasteiger charge is -2.20. The molecule has 4 heteroatoms. The van der Waals surface area contributed by atoms with Crippen LogP contribution in [0.1, 0.15) is 38.6 Å². The Hall–Kier alpha value is -1.16. The van der Waals surface area contributed by atoms with Crippen molar-refractivity contribution < 1.29 is 5.11 Å². The first kappa shape index (κ1) is 14.9. The zero-order valence-electron chi connectivity index (χ0n) is 11.9. The molecule has 102 valence electrons. The molecule has 0 amide bonds. The van der Waals surface area contributed by atoms with Crippen molar-refractivity contribution in [3.05, 3.63) is 17.6 Å². The Kier molecular flexibility index (Phi) is 6.05. The maximum Gasteiger partial charge on any atom is 0.132 e. The minimum absolute atomic E-state index is 0.206. The second-order valence-electron chi connectivity index (χ2n) is 5.11. The number of nitrogens with one attached hydrogen (secondary N) is 1. The molecule has 4 nitrogen and oxygen atoms in total. The SMILES string of the molecule is CCCc1cnc(C)nc1NCC(CO)C(C)C. The molecule has 0 saturated carbocycles. The summed E-state index contributed by atoms with van der Waals surface area (Å²) >= 11 is 0. The first-order valence-corrected chi connectivity index (χ1v) is 6.75. The van der Waals surface area contributed by atoms with E-state index in [4.69, 9.17) is 0 Å². The number of rotatable bonds is 7. The minimum Gasteiger partial charge on any atom is -0.396 e. The third kappa shape index (κ3) is 4.26. The molecular formula is C14H25N3O. The van der Waals surface area contributed by atoms with Gasteiger partial charge in [0.25, 0.3) is 0 Å². The van der Waals surface area contributed by atoms with Crippen LogP contribution in [0.5, 0.6) is 0 Å². The number of aliphatic hydroxyl groups excluding tert-OH is 1. The predicted molar refractivity (Wildman–Crippen MR) is 74.7 cm³/mol. The highest BCUT2D eigenvalue weighted by Gasteiger charge is 2.13. The fourth-order valence-corrected chi connectivity index (χ4v) is 1.84. The van der Waals surface area contributed by atoms with Crippen LogP contribution in [-0.2, 0) is 6.42 Å². The highest BCUT2D eigenvalue weighted by Crippen LogP contribution is 2.16. The molecule has 1 unspecified atom stereocenters. The lowest BCUT2D eigenvalue weighted by atomic mass is 9.97. The van der Waals surface area contributed by atoms with E-state index in [-0.39, 0.29) is 12.5 Å². The van der Waals surface area contributed by atoms with Crippen LogP contribution in [0.15, 0.2) is 6.20 Å². The first-order chi connectivity index (χ1) is 8.58. The van der Waals surface area contributed by atoms with E-state index in [1.165, 1.54) is 0 Å². The molecule has 0 bridgehead atoms. The summed E-state index contributed by atoms with van der Waals surface area (Å²) < 4.78 is 0. The highest BCUT2D eigenvalue weighted by molar-refractivity contribution is 5.43. The summed E-state index contributed by atoms with van der Waals surface area (Å²) in [5, 5.41) is 12.7. The van der Waals surface area contributed by atoms with E-state index in [0.717, 1.165) is 36.6 Å². The number of hydrogen-bond acceptors (Lipinski definition) is 4. The van der Waals surface area contributed by atoms with Crippen molar-refractivity contribution in [1.82, 2.24) is 9.97 Å². The molecule has 0 aromatic carbocycles. The average Bonchev–Trinajstić information content (AvgIpc) is 2.33. The van der Waals surface area contributed by atoms with Gasteiger partial charge in [-0.15, -0.1) is 0 Å². The molecule has 1 heterocycles. The molecule has 1 aromatic rings. The van der Waals surface area contributed by atoms with Crippen molar-refractivity contribution in [1.29, 1.82) is 0 Å². The van der Waals surface area contributed by atoms with Crippen molar-refractivity contribution in [2.75, 3.05) is 18.5 Å². The van der Waals surface area contributed by atoms with Gasteiger partial charge >= 0.3 is 0 Å². The minimum atomic E-state index is 0.206. The van der Waals surface area contributed by atoms with Crippen molar-refractivity contribution in [2.45, 2.75) is 40.5 Å². The van der Waals surface area contributed by atoms with Gasteiger partial charge in [-0.1, -0.05) is 27.2 Å². The molecular weight excluding hydrogens is 226 g/mol. The standard InChI is InChI=1S/C14H25N3O/c1-5-6-12-7-15-11(4)17-14(12)16-8-13(9-18)10(2)3/h7,10,13,18H,5-6,8-9H2,1-4H3,(H,15,16,17). The summed E-state index contributed by atoms with van der Waals surface area (Å²) in [4.78, 5) is 8.69. The van der Waals surface area contributed by atoms with Crippen LogP contribution in [-0.4, -0.2) is 28.2 Å². The summed E-state index contributed by atoms with van der Waals surface area (Å²) in [5.41, 5.74) is 1.16. The molecule has 0 fully saturated rings. The Labute approximate surface area is 110 Å². The maximum atomic E-state index is 9.33. The normalized spacial score (nSPS) is 12.8. The molecule has 1 atom stereocenters. The predicted octanol–water partition coefficient (Wildman–Crippen LogP) is 2.41. The maximum absolute atomic E-state index is 9.33. The molecule has 0 spiro atoms. The van der Waals surface area contributed by atoms with Gasteiger partial charge in [0.15, 0.2) is 0 Å². The van der Waals surface area contributed by atoms with Gasteiger partial charge in [-0.05, 0) is 19.3 Å². The van der Waals surface area contributed by atoms with E-state index in [0.29, 0.717) is 5.92 Å². The highest BCUT2D eigenvalue weighted by atomic mass is 16.3. The zero-order chi connectivity index (χ0) is 13.5. The summed E-state index contributed by atoms with van der Waals surface area (Å²) in [6.07, 6.45) is 3.96. The number of aliphatic hydroxyl groups is 1. The molecule has 1 aromatic heterocycles. The second-order valence-corrected chi connectivity index (χ2v) is 5.11. The molecule has 1 rings (SSSR count). The Morgan fingerprint density at radius 1 is 1.39 bits per heavy atom.